The first kappa shape index (κ1) is 27.7. The summed E-state index contributed by atoms with van der Waals surface area (Å²) in [6.45, 7) is 1.97. The molecule has 2 aromatic rings. The van der Waals surface area contributed by atoms with E-state index in [1.807, 2.05) is 47.4 Å². The second kappa shape index (κ2) is 14.0. The van der Waals surface area contributed by atoms with Gasteiger partial charge in [0.15, 0.2) is 0 Å². The van der Waals surface area contributed by atoms with Crippen molar-refractivity contribution in [3.63, 3.8) is 0 Å². The Labute approximate surface area is 215 Å². The average Bonchev–Trinajstić information content (AvgIpc) is 2.89. The summed E-state index contributed by atoms with van der Waals surface area (Å²) in [6.07, 6.45) is 7.05. The van der Waals surface area contributed by atoms with Crippen molar-refractivity contribution >= 4 is 17.5 Å². The number of piperidine rings is 1. The second-order valence-electron chi connectivity index (χ2n) is 9.89. The molecule has 6 heteroatoms. The fraction of sp³-hybridized carbons (Fsp3) is 0.552. The third-order valence-electron chi connectivity index (χ3n) is 7.31. The van der Waals surface area contributed by atoms with Gasteiger partial charge in [-0.1, -0.05) is 54.1 Å². The largest absolute Gasteiger partial charge is 0.385 e. The van der Waals surface area contributed by atoms with Crippen molar-refractivity contribution in [3.05, 3.63) is 70.7 Å². The van der Waals surface area contributed by atoms with Crippen molar-refractivity contribution in [1.29, 1.82) is 0 Å². The van der Waals surface area contributed by atoms with Crippen LogP contribution >= 0.6 is 11.6 Å². The van der Waals surface area contributed by atoms with E-state index in [4.69, 9.17) is 22.1 Å². The van der Waals surface area contributed by atoms with Crippen molar-refractivity contribution < 1.29 is 14.6 Å². The van der Waals surface area contributed by atoms with E-state index in [2.05, 4.69) is 12.1 Å². The number of likely N-dealkylation sites (tertiary alicyclic amines) is 1. The van der Waals surface area contributed by atoms with Crippen LogP contribution < -0.4 is 5.73 Å². The highest BCUT2D eigenvalue weighted by Crippen LogP contribution is 2.40. The van der Waals surface area contributed by atoms with Crippen LogP contribution in [0, 0.1) is 5.92 Å². The van der Waals surface area contributed by atoms with Gasteiger partial charge >= 0.3 is 0 Å². The van der Waals surface area contributed by atoms with Crippen molar-refractivity contribution in [2.45, 2.75) is 69.4 Å². The molecule has 5 nitrogen and oxygen atoms in total. The molecule has 1 amide bonds. The van der Waals surface area contributed by atoms with E-state index < -0.39 is 5.60 Å². The van der Waals surface area contributed by atoms with Crippen molar-refractivity contribution in [3.8, 4) is 0 Å². The number of hydrogen-bond donors (Lipinski definition) is 2. The lowest BCUT2D eigenvalue weighted by atomic mass is 9.74. The quantitative estimate of drug-likeness (QED) is 0.365. The van der Waals surface area contributed by atoms with Crippen LogP contribution in [-0.2, 0) is 21.6 Å². The highest BCUT2D eigenvalue weighted by atomic mass is 35.5. The number of halogens is 1. The minimum absolute atomic E-state index is 0.00363. The Hall–Kier alpha value is -1.92. The number of amides is 1. The van der Waals surface area contributed by atoms with E-state index in [-0.39, 0.29) is 17.9 Å². The molecule has 1 saturated heterocycles. The molecule has 0 aliphatic carbocycles. The molecule has 0 saturated carbocycles. The fourth-order valence-corrected chi connectivity index (χ4v) is 5.37. The molecule has 3 atom stereocenters. The zero-order valence-electron chi connectivity index (χ0n) is 21.0. The number of ether oxygens (including phenoxy) is 1. The third kappa shape index (κ3) is 8.32. The minimum Gasteiger partial charge on any atom is -0.385 e. The average molecular weight is 501 g/mol. The Kier molecular flexibility index (Phi) is 11.1. The molecule has 0 unspecified atom stereocenters. The molecule has 0 bridgehead atoms. The lowest BCUT2D eigenvalue weighted by Crippen LogP contribution is -2.48. The van der Waals surface area contributed by atoms with E-state index in [0.29, 0.717) is 37.4 Å². The van der Waals surface area contributed by atoms with Crippen LogP contribution in [0.5, 0.6) is 0 Å². The summed E-state index contributed by atoms with van der Waals surface area (Å²) in [7, 11) is 1.70. The highest BCUT2D eigenvalue weighted by molar-refractivity contribution is 6.30. The van der Waals surface area contributed by atoms with E-state index in [0.717, 1.165) is 50.6 Å². The van der Waals surface area contributed by atoms with E-state index in [9.17, 15) is 9.90 Å². The molecule has 192 valence electrons. The normalized spacial score (nSPS) is 18.7. The number of rotatable bonds is 13. The molecule has 3 rings (SSSR count). The van der Waals surface area contributed by atoms with E-state index in [1.54, 1.807) is 7.11 Å². The van der Waals surface area contributed by atoms with Crippen LogP contribution in [0.25, 0.3) is 0 Å². The molecule has 3 N–H and O–H groups in total. The molecule has 1 heterocycles. The second-order valence-corrected chi connectivity index (χ2v) is 10.3. The molecule has 2 aromatic carbocycles. The smallest absolute Gasteiger partial charge is 0.222 e. The summed E-state index contributed by atoms with van der Waals surface area (Å²) in [5.74, 6) is 0.102. The van der Waals surface area contributed by atoms with Gasteiger partial charge < -0.3 is 20.5 Å². The molecule has 1 fully saturated rings. The molecule has 1 aliphatic heterocycles. The van der Waals surface area contributed by atoms with Crippen LogP contribution in [0.2, 0.25) is 5.02 Å². The molecular formula is C29H41ClN2O3. The topological polar surface area (TPSA) is 75.8 Å². The maximum Gasteiger partial charge on any atom is 0.222 e. The van der Waals surface area contributed by atoms with Crippen molar-refractivity contribution in [2.24, 2.45) is 11.7 Å². The van der Waals surface area contributed by atoms with E-state index >= 15 is 0 Å². The molecule has 35 heavy (non-hydrogen) atoms. The van der Waals surface area contributed by atoms with Gasteiger partial charge in [-0.15, -0.1) is 0 Å². The number of unbranched alkanes of at least 4 members (excludes halogenated alkanes) is 1. The zero-order valence-corrected chi connectivity index (χ0v) is 21.8. The molecule has 1 aliphatic rings. The van der Waals surface area contributed by atoms with Gasteiger partial charge in [0, 0.05) is 50.2 Å². The lowest BCUT2D eigenvalue weighted by Gasteiger charge is -2.43. The number of nitrogens with zero attached hydrogens (tertiary/aromatic N) is 1. The van der Waals surface area contributed by atoms with Gasteiger partial charge in [0.25, 0.3) is 0 Å². The number of carbonyl (C=O) groups is 1. The van der Waals surface area contributed by atoms with Crippen LogP contribution in [-0.4, -0.2) is 48.8 Å². The number of aryl methyl sites for hydroxylation is 1. The third-order valence-corrected chi connectivity index (χ3v) is 7.54. The summed E-state index contributed by atoms with van der Waals surface area (Å²) >= 11 is 6.28. The molecule has 0 radical (unpaired) electrons. The van der Waals surface area contributed by atoms with Gasteiger partial charge in [-0.05, 0) is 74.6 Å². The minimum atomic E-state index is -1.02. The molecule has 0 spiro atoms. The first-order valence-electron chi connectivity index (χ1n) is 13.0. The van der Waals surface area contributed by atoms with Gasteiger partial charge in [-0.3, -0.25) is 4.79 Å². The molecule has 0 aromatic heterocycles. The summed E-state index contributed by atoms with van der Waals surface area (Å²) in [4.78, 5) is 15.0. The maximum absolute atomic E-state index is 13.1. The van der Waals surface area contributed by atoms with E-state index in [1.165, 1.54) is 5.56 Å². The lowest BCUT2D eigenvalue weighted by molar-refractivity contribution is -0.137. The van der Waals surface area contributed by atoms with Gasteiger partial charge in [-0.2, -0.15) is 0 Å². The van der Waals surface area contributed by atoms with Gasteiger partial charge in [0.2, 0.25) is 5.91 Å². The number of nitrogens with two attached hydrogens (primary N) is 1. The predicted molar refractivity (Wildman–Crippen MR) is 142 cm³/mol. The maximum atomic E-state index is 13.1. The number of hydrogen-bond acceptors (Lipinski definition) is 4. The summed E-state index contributed by atoms with van der Waals surface area (Å²) in [5.41, 5.74) is 7.42. The number of methoxy groups -OCH3 is 1. The monoisotopic (exact) mass is 500 g/mol. The van der Waals surface area contributed by atoms with Crippen LogP contribution in [0.1, 0.15) is 62.5 Å². The predicted octanol–water partition coefficient (Wildman–Crippen LogP) is 5.32. The van der Waals surface area contributed by atoms with Gasteiger partial charge in [0.05, 0.1) is 5.60 Å². The zero-order chi connectivity index (χ0) is 25.1. The highest BCUT2D eigenvalue weighted by Gasteiger charge is 2.41. The standard InChI is InChI=1S/C29H41ClN2O3/c1-35-20-6-5-18-29(34,24-11-7-13-26(30)21-24)25-12-8-19-32(22-25)28(33)17-16-27(31)15-14-23-9-3-2-4-10-23/h2-4,7,9-11,13,21,25,27,34H,5-6,8,12,14-20,22,31H2,1H3/t25-,27+,29-/m1/s1. The first-order chi connectivity index (χ1) is 16.9. The molecular weight excluding hydrogens is 460 g/mol. The first-order valence-corrected chi connectivity index (χ1v) is 13.3. The summed E-state index contributed by atoms with van der Waals surface area (Å²) < 4.78 is 5.20. The SMILES string of the molecule is COCCCC[C@@](O)(c1cccc(Cl)c1)[C@@H]1CCCN(C(=O)CC[C@@H](N)CCc2ccccc2)C1. The summed E-state index contributed by atoms with van der Waals surface area (Å²) in [5, 5.41) is 12.6. The van der Waals surface area contributed by atoms with Crippen LogP contribution in [0.4, 0.5) is 0 Å². The number of benzene rings is 2. The van der Waals surface area contributed by atoms with Gasteiger partial charge in [-0.25, -0.2) is 0 Å². The van der Waals surface area contributed by atoms with Crippen LogP contribution in [0.3, 0.4) is 0 Å². The van der Waals surface area contributed by atoms with Crippen LogP contribution in [0.15, 0.2) is 54.6 Å². The Bertz CT molecular complexity index is 910. The fourth-order valence-electron chi connectivity index (χ4n) is 5.18. The number of carbonyl (C=O) groups excluding carboxylic acids is 1. The Morgan fingerprint density at radius 3 is 2.74 bits per heavy atom. The summed E-state index contributed by atoms with van der Waals surface area (Å²) in [6, 6.07) is 17.9. The van der Waals surface area contributed by atoms with Gasteiger partial charge in [0.1, 0.15) is 0 Å². The van der Waals surface area contributed by atoms with Crippen molar-refractivity contribution in [1.82, 2.24) is 4.90 Å². The Balaban J connectivity index is 1.58. The Morgan fingerprint density at radius 2 is 2.00 bits per heavy atom. The van der Waals surface area contributed by atoms with Crippen molar-refractivity contribution in [2.75, 3.05) is 26.8 Å². The Morgan fingerprint density at radius 1 is 1.20 bits per heavy atom. The number of aliphatic hydroxyl groups is 1.